The van der Waals surface area contributed by atoms with Crippen molar-refractivity contribution in [3.05, 3.63) is 0 Å². The molecule has 4 saturated carbocycles. The number of carbonyl (C=O) groups excluding carboxylic acids is 4. The Balaban J connectivity index is 2.12. The third-order valence-corrected chi connectivity index (χ3v) is 8.00. The second kappa shape index (κ2) is 10.6. The minimum absolute atomic E-state index is 0.119. The molecule has 4 aliphatic carbocycles. The number of rotatable bonds is 7. The van der Waals surface area contributed by atoms with Crippen LogP contribution in [0.5, 0.6) is 0 Å². The van der Waals surface area contributed by atoms with Crippen molar-refractivity contribution in [2.75, 3.05) is 0 Å². The minimum Gasteiger partial charge on any atom is -0.459 e. The summed E-state index contributed by atoms with van der Waals surface area (Å²) in [5, 5.41) is 0. The quantitative estimate of drug-likeness (QED) is 0.220. The second-order valence-electron chi connectivity index (χ2n) is 16.8. The van der Waals surface area contributed by atoms with Crippen LogP contribution in [0.2, 0.25) is 0 Å². The third-order valence-electron chi connectivity index (χ3n) is 8.00. The molecule has 4 bridgehead atoms. The highest BCUT2D eigenvalue weighted by Crippen LogP contribution is 2.66. The molecule has 0 heterocycles. The highest BCUT2D eigenvalue weighted by molar-refractivity contribution is 5.76. The van der Waals surface area contributed by atoms with Crippen LogP contribution < -0.4 is 0 Å². The van der Waals surface area contributed by atoms with Crippen LogP contribution in [0.1, 0.15) is 134 Å². The SMILES string of the molecule is CCC(C)(C)C(=O)OC12CC3(OC(=O)CC(C)(C)C)CC(OC(=O)OC(C)(C)C)(CC(OC(=O)OC(C)(C)C)(C3)C1)C2. The lowest BCUT2D eigenvalue weighted by Gasteiger charge is -2.66. The van der Waals surface area contributed by atoms with Gasteiger partial charge in [0.1, 0.15) is 33.6 Å². The molecule has 4 aliphatic rings. The largest absolute Gasteiger partial charge is 0.509 e. The van der Waals surface area contributed by atoms with Crippen molar-refractivity contribution in [1.82, 2.24) is 0 Å². The van der Waals surface area contributed by atoms with E-state index in [0.29, 0.717) is 6.42 Å². The molecule has 0 aromatic carbocycles. The summed E-state index contributed by atoms with van der Waals surface area (Å²) >= 11 is 0. The zero-order valence-corrected chi connectivity index (χ0v) is 27.7. The van der Waals surface area contributed by atoms with Gasteiger partial charge in [-0.3, -0.25) is 9.59 Å². The summed E-state index contributed by atoms with van der Waals surface area (Å²) in [6.07, 6.45) is -0.182. The van der Waals surface area contributed by atoms with Gasteiger partial charge in [-0.05, 0) is 67.2 Å². The summed E-state index contributed by atoms with van der Waals surface area (Å²) in [5.74, 6) is -0.859. The van der Waals surface area contributed by atoms with Gasteiger partial charge in [0.2, 0.25) is 0 Å². The van der Waals surface area contributed by atoms with Crippen LogP contribution in [0.4, 0.5) is 9.59 Å². The van der Waals surface area contributed by atoms with E-state index >= 15 is 0 Å². The molecule has 0 spiro atoms. The molecule has 0 aromatic heterocycles. The van der Waals surface area contributed by atoms with Gasteiger partial charge in [-0.1, -0.05) is 27.7 Å². The Morgan fingerprint density at radius 2 is 0.881 bits per heavy atom. The Morgan fingerprint density at radius 3 is 1.19 bits per heavy atom. The van der Waals surface area contributed by atoms with E-state index in [-0.39, 0.29) is 50.4 Å². The topological polar surface area (TPSA) is 124 Å². The van der Waals surface area contributed by atoms with E-state index in [1.807, 2.05) is 27.7 Å². The number of hydrogen-bond acceptors (Lipinski definition) is 10. The molecule has 10 heteroatoms. The molecule has 10 nitrogen and oxygen atoms in total. The van der Waals surface area contributed by atoms with Crippen molar-refractivity contribution in [2.24, 2.45) is 10.8 Å². The van der Waals surface area contributed by atoms with Crippen molar-refractivity contribution in [2.45, 2.75) is 168 Å². The van der Waals surface area contributed by atoms with Gasteiger partial charge in [0.25, 0.3) is 0 Å². The maximum Gasteiger partial charge on any atom is 0.509 e. The van der Waals surface area contributed by atoms with E-state index < -0.39 is 63.3 Å². The van der Waals surface area contributed by atoms with Gasteiger partial charge in [0.15, 0.2) is 0 Å². The molecule has 4 fully saturated rings. The first-order valence-electron chi connectivity index (χ1n) is 15.0. The lowest BCUT2D eigenvalue weighted by molar-refractivity contribution is -0.309. The van der Waals surface area contributed by atoms with E-state index in [9.17, 15) is 19.2 Å². The van der Waals surface area contributed by atoms with Crippen LogP contribution in [0.25, 0.3) is 0 Å². The van der Waals surface area contributed by atoms with Crippen LogP contribution in [-0.2, 0) is 38.0 Å². The standard InChI is InChI=1S/C32H52O10/c1-13-28(11,12)22(34)38-30-15-29(37-21(33)14-25(2,3)4)16-31(18-30,41-23(35)39-26(5,6)7)20-32(17-29,19-30)42-24(36)40-27(8,9)10/h13-20H2,1-12H3. The van der Waals surface area contributed by atoms with Gasteiger partial charge >= 0.3 is 24.2 Å². The molecule has 42 heavy (non-hydrogen) atoms. The number of carbonyl (C=O) groups is 4. The molecule has 0 saturated heterocycles. The van der Waals surface area contributed by atoms with E-state index in [4.69, 9.17) is 28.4 Å². The van der Waals surface area contributed by atoms with Crippen molar-refractivity contribution >= 4 is 24.2 Å². The fourth-order valence-corrected chi connectivity index (χ4v) is 6.79. The number of ether oxygens (including phenoxy) is 6. The first-order valence-corrected chi connectivity index (χ1v) is 15.0. The van der Waals surface area contributed by atoms with E-state index in [0.717, 1.165) is 0 Å². The molecule has 4 rings (SSSR count). The van der Waals surface area contributed by atoms with E-state index in [1.165, 1.54) is 0 Å². The van der Waals surface area contributed by atoms with Crippen LogP contribution in [0.3, 0.4) is 0 Å². The monoisotopic (exact) mass is 596 g/mol. The Labute approximate surface area is 250 Å². The Bertz CT molecular complexity index is 964. The van der Waals surface area contributed by atoms with Gasteiger partial charge in [-0.2, -0.15) is 0 Å². The fraction of sp³-hybridized carbons (Fsp3) is 0.875. The summed E-state index contributed by atoms with van der Waals surface area (Å²) in [6, 6.07) is 0. The molecule has 2 atom stereocenters. The highest BCUT2D eigenvalue weighted by atomic mass is 16.8. The Hall–Kier alpha value is -2.52. The fourth-order valence-electron chi connectivity index (χ4n) is 6.79. The summed E-state index contributed by atoms with van der Waals surface area (Å²) < 4.78 is 35.8. The zero-order valence-electron chi connectivity index (χ0n) is 27.7. The molecule has 2 unspecified atom stereocenters. The summed E-state index contributed by atoms with van der Waals surface area (Å²) in [7, 11) is 0. The van der Waals surface area contributed by atoms with Crippen molar-refractivity contribution in [1.29, 1.82) is 0 Å². The summed E-state index contributed by atoms with van der Waals surface area (Å²) in [6.45, 7) is 21.7. The smallest absolute Gasteiger partial charge is 0.459 e. The van der Waals surface area contributed by atoms with Crippen molar-refractivity contribution in [3.63, 3.8) is 0 Å². The second-order valence-corrected chi connectivity index (χ2v) is 16.8. The molecule has 0 aliphatic heterocycles. The predicted molar refractivity (Wildman–Crippen MR) is 154 cm³/mol. The third kappa shape index (κ3) is 8.31. The average Bonchev–Trinajstić information content (AvgIpc) is 2.66. The van der Waals surface area contributed by atoms with Gasteiger partial charge < -0.3 is 28.4 Å². The van der Waals surface area contributed by atoms with Gasteiger partial charge in [0, 0.05) is 38.5 Å². The summed E-state index contributed by atoms with van der Waals surface area (Å²) in [5.41, 5.74) is -7.83. The number of hydrogen-bond donors (Lipinski definition) is 0. The molecule has 0 radical (unpaired) electrons. The van der Waals surface area contributed by atoms with Crippen LogP contribution in [0, 0.1) is 10.8 Å². The first-order chi connectivity index (χ1) is 18.7. The molecular formula is C32H52O10. The van der Waals surface area contributed by atoms with Crippen LogP contribution in [-0.4, -0.2) is 57.9 Å². The minimum atomic E-state index is -1.29. The lowest BCUT2D eigenvalue weighted by atomic mass is 9.48. The molecule has 240 valence electrons. The highest BCUT2D eigenvalue weighted by Gasteiger charge is 2.75. The number of esters is 2. The maximum absolute atomic E-state index is 13.5. The maximum atomic E-state index is 13.5. The van der Waals surface area contributed by atoms with E-state index in [1.54, 1.807) is 55.4 Å². The first kappa shape index (κ1) is 34.0. The Morgan fingerprint density at radius 1 is 0.548 bits per heavy atom. The van der Waals surface area contributed by atoms with Gasteiger partial charge in [-0.15, -0.1) is 0 Å². The van der Waals surface area contributed by atoms with Crippen LogP contribution in [0.15, 0.2) is 0 Å². The average molecular weight is 597 g/mol. The zero-order chi connectivity index (χ0) is 32.2. The van der Waals surface area contributed by atoms with Crippen molar-refractivity contribution in [3.8, 4) is 0 Å². The Kier molecular flexibility index (Phi) is 8.56. The van der Waals surface area contributed by atoms with Gasteiger partial charge in [-0.25, -0.2) is 9.59 Å². The lowest BCUT2D eigenvalue weighted by Crippen LogP contribution is -2.75. The molecular weight excluding hydrogens is 544 g/mol. The molecule has 0 aromatic rings. The predicted octanol–water partition coefficient (Wildman–Crippen LogP) is 7.19. The molecule has 0 amide bonds. The summed E-state index contributed by atoms with van der Waals surface area (Å²) in [4.78, 5) is 53.1. The normalized spacial score (nSPS) is 30.8. The molecule has 0 N–H and O–H groups in total. The van der Waals surface area contributed by atoms with Crippen LogP contribution >= 0.6 is 0 Å². The van der Waals surface area contributed by atoms with E-state index in [2.05, 4.69) is 0 Å². The van der Waals surface area contributed by atoms with Gasteiger partial charge in [0.05, 0.1) is 11.8 Å². The van der Waals surface area contributed by atoms with Crippen molar-refractivity contribution < 1.29 is 47.6 Å².